The van der Waals surface area contributed by atoms with Gasteiger partial charge in [-0.05, 0) is 96.4 Å². The Bertz CT molecular complexity index is 3760. The van der Waals surface area contributed by atoms with Crippen molar-refractivity contribution in [1.82, 2.24) is 19.9 Å². The van der Waals surface area contributed by atoms with E-state index >= 15 is 0 Å². The summed E-state index contributed by atoms with van der Waals surface area (Å²) in [5.74, 6) is 0. The Morgan fingerprint density at radius 2 is 0.485 bits per heavy atom. The smallest absolute Gasteiger partial charge is 0.0979 e. The molecule has 0 N–H and O–H groups in total. The Morgan fingerprint density at radius 3 is 0.803 bits per heavy atom. The predicted octanol–water partition coefficient (Wildman–Crippen LogP) is 16.2. The minimum atomic E-state index is 0.792. The average molecular weight is 839 g/mol. The van der Waals surface area contributed by atoms with E-state index in [1.54, 1.807) is 0 Å². The molecule has 2 heterocycles. The van der Waals surface area contributed by atoms with Crippen LogP contribution in [-0.4, -0.2) is 19.9 Å². The highest BCUT2D eigenvalue weighted by atomic mass is 14.8. The van der Waals surface area contributed by atoms with Gasteiger partial charge in [0, 0.05) is 32.7 Å². The van der Waals surface area contributed by atoms with Crippen molar-refractivity contribution in [1.29, 1.82) is 0 Å². The summed E-state index contributed by atoms with van der Waals surface area (Å²) in [7, 11) is 0. The maximum atomic E-state index is 5.49. The van der Waals surface area contributed by atoms with Crippen molar-refractivity contribution in [2.75, 3.05) is 0 Å². The molecule has 0 fully saturated rings. The highest BCUT2D eigenvalue weighted by Crippen LogP contribution is 2.41. The Morgan fingerprint density at radius 1 is 0.197 bits per heavy atom. The summed E-state index contributed by atoms with van der Waals surface area (Å²) in [6.07, 6.45) is 3.84. The van der Waals surface area contributed by atoms with Crippen LogP contribution in [-0.2, 0) is 0 Å². The number of hydrogen-bond acceptors (Lipinski definition) is 4. The number of hydrogen-bond donors (Lipinski definition) is 0. The molecular weight excluding hydrogens is 801 g/mol. The van der Waals surface area contributed by atoms with E-state index in [-0.39, 0.29) is 0 Å². The fraction of sp³-hybridized carbons (Fsp3) is 0. The van der Waals surface area contributed by atoms with Crippen molar-refractivity contribution in [2.24, 2.45) is 0 Å². The van der Waals surface area contributed by atoms with E-state index in [0.29, 0.717) is 0 Å². The third-order valence-corrected chi connectivity index (χ3v) is 13.1. The second-order valence-corrected chi connectivity index (χ2v) is 17.0. The molecule has 0 atom stereocenters. The van der Waals surface area contributed by atoms with Crippen LogP contribution in [0.4, 0.5) is 0 Å². The maximum absolute atomic E-state index is 5.49. The lowest BCUT2D eigenvalue weighted by Crippen LogP contribution is -1.95. The van der Waals surface area contributed by atoms with Crippen LogP contribution in [0.3, 0.4) is 0 Å². The molecule has 0 aliphatic heterocycles. The van der Waals surface area contributed by atoms with E-state index in [4.69, 9.17) is 19.9 Å². The van der Waals surface area contributed by atoms with E-state index < -0.39 is 0 Å². The largest absolute Gasteiger partial charge is 0.252 e. The topological polar surface area (TPSA) is 51.6 Å². The molecule has 0 bridgehead atoms. The molecule has 0 aliphatic carbocycles. The Kier molecular flexibility index (Phi) is 8.81. The zero-order valence-corrected chi connectivity index (χ0v) is 35.7. The van der Waals surface area contributed by atoms with Crippen LogP contribution in [0.1, 0.15) is 0 Å². The van der Waals surface area contributed by atoms with Gasteiger partial charge in [-0.15, -0.1) is 0 Å². The summed E-state index contributed by atoms with van der Waals surface area (Å²) < 4.78 is 0. The first kappa shape index (κ1) is 37.7. The SMILES string of the molecule is c1ccc(-c2ccc3c4ccc(-c5ccccc5)cc4c4nc(-c5cccc(-c6cnc7c8cc(-c9ccccc9)ccc8c8ccc(-c9ccccc9)cc8c7n6)c5)cnc4c3c2)cc1. The molecule has 13 rings (SSSR count). The van der Waals surface area contributed by atoms with Crippen LogP contribution in [0.2, 0.25) is 0 Å². The third kappa shape index (κ3) is 6.38. The Balaban J connectivity index is 0.989. The van der Waals surface area contributed by atoms with Gasteiger partial charge in [-0.2, -0.15) is 0 Å². The summed E-state index contributed by atoms with van der Waals surface area (Å²) in [5, 5.41) is 8.91. The molecule has 0 unspecified atom stereocenters. The van der Waals surface area contributed by atoms with Crippen molar-refractivity contribution in [3.05, 3.63) is 231 Å². The van der Waals surface area contributed by atoms with Gasteiger partial charge in [0.2, 0.25) is 0 Å². The standard InChI is InChI=1S/C62H38N4/c1-5-14-39(15-6-1)43-24-28-49-51-30-26-45(41-18-9-3-10-19-41)35-55(51)61-59(53(49)33-43)63-37-57(65-61)47-22-13-23-48(32-47)58-38-64-60-54-34-44(40-16-7-2-8-17-40)25-29-50(54)52-31-27-46(36-56(52)62(60)66-58)42-20-11-4-12-21-42/h1-38H. The number of rotatable bonds is 6. The quantitative estimate of drug-likeness (QED) is 0.157. The number of nitrogens with zero attached hydrogens (tertiary/aromatic N) is 4. The van der Waals surface area contributed by atoms with Crippen LogP contribution in [0.25, 0.3) is 132 Å². The summed E-state index contributed by atoms with van der Waals surface area (Å²) >= 11 is 0. The first-order valence-corrected chi connectivity index (χ1v) is 22.4. The van der Waals surface area contributed by atoms with Crippen molar-refractivity contribution >= 4 is 65.2 Å². The molecule has 0 radical (unpaired) electrons. The van der Waals surface area contributed by atoms with Gasteiger partial charge in [-0.25, -0.2) is 9.97 Å². The van der Waals surface area contributed by atoms with E-state index in [0.717, 1.165) is 121 Å². The molecule has 0 amide bonds. The maximum Gasteiger partial charge on any atom is 0.0979 e. The zero-order chi connectivity index (χ0) is 43.6. The van der Waals surface area contributed by atoms with Crippen LogP contribution >= 0.6 is 0 Å². The Hall–Kier alpha value is -8.86. The fourth-order valence-corrected chi connectivity index (χ4v) is 9.80. The van der Waals surface area contributed by atoms with Gasteiger partial charge >= 0.3 is 0 Å². The molecule has 66 heavy (non-hydrogen) atoms. The van der Waals surface area contributed by atoms with Crippen molar-refractivity contribution in [2.45, 2.75) is 0 Å². The molecule has 306 valence electrons. The lowest BCUT2D eigenvalue weighted by molar-refractivity contribution is 1.29. The van der Waals surface area contributed by atoms with E-state index in [1.165, 1.54) is 11.1 Å². The van der Waals surface area contributed by atoms with Crippen molar-refractivity contribution < 1.29 is 0 Å². The highest BCUT2D eigenvalue weighted by molar-refractivity contribution is 6.25. The van der Waals surface area contributed by atoms with Crippen LogP contribution in [0.5, 0.6) is 0 Å². The molecule has 0 saturated carbocycles. The average Bonchev–Trinajstić information content (AvgIpc) is 3.41. The summed E-state index contributed by atoms with van der Waals surface area (Å²) in [6.45, 7) is 0. The van der Waals surface area contributed by atoms with E-state index in [9.17, 15) is 0 Å². The minimum Gasteiger partial charge on any atom is -0.252 e. The van der Waals surface area contributed by atoms with Gasteiger partial charge in [-0.3, -0.25) is 9.97 Å². The normalized spacial score (nSPS) is 11.6. The lowest BCUT2D eigenvalue weighted by atomic mass is 9.93. The first-order valence-electron chi connectivity index (χ1n) is 22.4. The Labute approximate surface area is 381 Å². The van der Waals surface area contributed by atoms with Crippen molar-refractivity contribution in [3.8, 4) is 67.0 Å². The molecular formula is C62H38N4. The monoisotopic (exact) mass is 838 g/mol. The second kappa shape index (κ2) is 15.4. The molecule has 2 aromatic heterocycles. The summed E-state index contributed by atoms with van der Waals surface area (Å²) in [6, 6.07) is 77.5. The molecule has 11 aromatic carbocycles. The minimum absolute atomic E-state index is 0.792. The number of fused-ring (bicyclic) bond motifs is 12. The van der Waals surface area contributed by atoms with Gasteiger partial charge in [0.05, 0.1) is 45.8 Å². The van der Waals surface area contributed by atoms with Gasteiger partial charge < -0.3 is 0 Å². The summed E-state index contributed by atoms with van der Waals surface area (Å²) in [4.78, 5) is 21.5. The van der Waals surface area contributed by atoms with E-state index in [2.05, 4.69) is 218 Å². The summed E-state index contributed by atoms with van der Waals surface area (Å²) in [5.41, 5.74) is 16.2. The van der Waals surface area contributed by atoms with Crippen molar-refractivity contribution in [3.63, 3.8) is 0 Å². The van der Waals surface area contributed by atoms with E-state index in [1.807, 2.05) is 12.4 Å². The molecule has 4 heteroatoms. The molecule has 0 spiro atoms. The first-order chi connectivity index (χ1) is 32.7. The molecule has 0 saturated heterocycles. The van der Waals surface area contributed by atoms with Crippen LogP contribution < -0.4 is 0 Å². The van der Waals surface area contributed by atoms with Crippen LogP contribution in [0.15, 0.2) is 231 Å². The van der Waals surface area contributed by atoms with Crippen LogP contribution in [0, 0.1) is 0 Å². The van der Waals surface area contributed by atoms with Gasteiger partial charge in [0.25, 0.3) is 0 Å². The fourth-order valence-electron chi connectivity index (χ4n) is 9.80. The predicted molar refractivity (Wildman–Crippen MR) is 275 cm³/mol. The lowest BCUT2D eigenvalue weighted by Gasteiger charge is -2.14. The molecule has 13 aromatic rings. The van der Waals surface area contributed by atoms with Gasteiger partial charge in [0.1, 0.15) is 0 Å². The highest BCUT2D eigenvalue weighted by Gasteiger charge is 2.18. The third-order valence-electron chi connectivity index (χ3n) is 13.1. The van der Waals surface area contributed by atoms with Gasteiger partial charge in [0.15, 0.2) is 0 Å². The molecule has 0 aliphatic rings. The number of benzene rings is 11. The number of aromatic nitrogens is 4. The zero-order valence-electron chi connectivity index (χ0n) is 35.7. The molecule has 4 nitrogen and oxygen atoms in total. The van der Waals surface area contributed by atoms with Gasteiger partial charge in [-0.1, -0.05) is 188 Å². The second-order valence-electron chi connectivity index (χ2n) is 17.0.